The zero-order chi connectivity index (χ0) is 9.97. The standard InChI is InChI=1S/C9H9BrClN3/c10-6-2-1-3-7(11)8(6)14-9-12-4-5-13-9/h1-3H,4-5H2,(H2,12,13,14). The fraction of sp³-hybridized carbons (Fsp3) is 0.222. The van der Waals surface area contributed by atoms with Crippen molar-refractivity contribution in [2.75, 3.05) is 13.1 Å². The first kappa shape index (κ1) is 9.80. The third-order valence-corrected chi connectivity index (χ3v) is 2.82. The maximum absolute atomic E-state index is 6.02. The first-order valence-corrected chi connectivity index (χ1v) is 5.45. The Morgan fingerprint density at radius 2 is 2.00 bits per heavy atom. The summed E-state index contributed by atoms with van der Waals surface area (Å²) in [5, 5.41) is 6.88. The smallest absolute Gasteiger partial charge is 0.196 e. The fourth-order valence-corrected chi connectivity index (χ4v) is 2.00. The minimum absolute atomic E-state index is 0.641. The van der Waals surface area contributed by atoms with Gasteiger partial charge in [0.1, 0.15) is 0 Å². The van der Waals surface area contributed by atoms with E-state index in [0.717, 1.165) is 29.2 Å². The van der Waals surface area contributed by atoms with Crippen LogP contribution in [0, 0.1) is 0 Å². The molecule has 2 rings (SSSR count). The van der Waals surface area contributed by atoms with E-state index in [1.165, 1.54) is 0 Å². The molecule has 14 heavy (non-hydrogen) atoms. The summed E-state index contributed by atoms with van der Waals surface area (Å²) in [4.78, 5) is 4.37. The van der Waals surface area contributed by atoms with E-state index in [1.54, 1.807) is 0 Å². The van der Waals surface area contributed by atoms with Crippen LogP contribution in [0.4, 0.5) is 5.69 Å². The van der Waals surface area contributed by atoms with Gasteiger partial charge in [-0.25, -0.2) is 4.99 Å². The van der Waals surface area contributed by atoms with Crippen molar-refractivity contribution < 1.29 is 0 Å². The van der Waals surface area contributed by atoms with Crippen molar-refractivity contribution in [3.63, 3.8) is 0 Å². The number of guanidine groups is 1. The number of para-hydroxylation sites is 1. The van der Waals surface area contributed by atoms with E-state index in [-0.39, 0.29) is 0 Å². The molecule has 1 fully saturated rings. The number of aliphatic imine (C=N–C) groups is 1. The summed E-state index contributed by atoms with van der Waals surface area (Å²) in [6, 6.07) is 5.62. The van der Waals surface area contributed by atoms with Gasteiger partial charge in [-0.2, -0.15) is 0 Å². The van der Waals surface area contributed by atoms with Crippen LogP contribution in [0.15, 0.2) is 27.7 Å². The van der Waals surface area contributed by atoms with Crippen LogP contribution in [0.25, 0.3) is 0 Å². The Balaban J connectivity index is 2.36. The summed E-state index contributed by atoms with van der Waals surface area (Å²) in [5.41, 5.74) is 0.756. The largest absolute Gasteiger partial charge is 0.354 e. The Kier molecular flexibility index (Phi) is 2.93. The van der Waals surface area contributed by atoms with E-state index in [0.29, 0.717) is 5.02 Å². The Morgan fingerprint density at radius 3 is 2.64 bits per heavy atom. The van der Waals surface area contributed by atoms with Crippen molar-refractivity contribution in [2.24, 2.45) is 4.99 Å². The van der Waals surface area contributed by atoms with Gasteiger partial charge in [0.15, 0.2) is 5.96 Å². The lowest BCUT2D eigenvalue weighted by molar-refractivity contribution is 0.942. The Hall–Kier alpha value is -0.740. The van der Waals surface area contributed by atoms with Gasteiger partial charge in [-0.05, 0) is 28.1 Å². The SMILES string of the molecule is Clc1cccc(Br)c1N=C1NCCN1. The number of hydrogen-bond donors (Lipinski definition) is 2. The summed E-state index contributed by atoms with van der Waals surface area (Å²) in [7, 11) is 0. The van der Waals surface area contributed by atoms with Gasteiger partial charge in [0.25, 0.3) is 0 Å². The van der Waals surface area contributed by atoms with Gasteiger partial charge in [0.2, 0.25) is 0 Å². The van der Waals surface area contributed by atoms with Crippen LogP contribution in [-0.2, 0) is 0 Å². The third kappa shape index (κ3) is 2.01. The molecule has 1 aromatic carbocycles. The average molecular weight is 275 g/mol. The number of hydrogen-bond acceptors (Lipinski definition) is 1. The molecule has 5 heteroatoms. The van der Waals surface area contributed by atoms with Crippen molar-refractivity contribution in [1.82, 2.24) is 10.6 Å². The number of rotatable bonds is 1. The lowest BCUT2D eigenvalue weighted by Crippen LogP contribution is -2.23. The second-order valence-electron chi connectivity index (χ2n) is 2.88. The van der Waals surface area contributed by atoms with E-state index in [9.17, 15) is 0 Å². The molecular weight excluding hydrogens is 265 g/mol. The van der Waals surface area contributed by atoms with Crippen molar-refractivity contribution in [3.05, 3.63) is 27.7 Å². The van der Waals surface area contributed by atoms with Crippen molar-refractivity contribution in [2.45, 2.75) is 0 Å². The highest BCUT2D eigenvalue weighted by molar-refractivity contribution is 9.10. The van der Waals surface area contributed by atoms with Crippen LogP contribution >= 0.6 is 27.5 Å². The van der Waals surface area contributed by atoms with Crippen LogP contribution in [0.2, 0.25) is 5.02 Å². The molecule has 0 amide bonds. The molecule has 1 aromatic rings. The summed E-state index contributed by atoms with van der Waals surface area (Å²) in [5.74, 6) is 0.777. The molecule has 1 aliphatic heterocycles. The van der Waals surface area contributed by atoms with Crippen molar-refractivity contribution in [3.8, 4) is 0 Å². The molecule has 74 valence electrons. The van der Waals surface area contributed by atoms with E-state index in [2.05, 4.69) is 31.6 Å². The molecule has 1 heterocycles. The highest BCUT2D eigenvalue weighted by Crippen LogP contribution is 2.32. The van der Waals surface area contributed by atoms with Gasteiger partial charge in [0, 0.05) is 17.6 Å². The van der Waals surface area contributed by atoms with Gasteiger partial charge in [-0.15, -0.1) is 0 Å². The van der Waals surface area contributed by atoms with E-state index in [1.807, 2.05) is 18.2 Å². The first-order valence-electron chi connectivity index (χ1n) is 4.28. The van der Waals surface area contributed by atoms with Gasteiger partial charge in [0.05, 0.1) is 10.7 Å². The van der Waals surface area contributed by atoms with Crippen LogP contribution in [0.5, 0.6) is 0 Å². The molecule has 1 saturated heterocycles. The maximum atomic E-state index is 6.02. The summed E-state index contributed by atoms with van der Waals surface area (Å²) >= 11 is 9.42. The lowest BCUT2D eigenvalue weighted by atomic mass is 10.3. The summed E-state index contributed by atoms with van der Waals surface area (Å²) in [6.07, 6.45) is 0. The van der Waals surface area contributed by atoms with Gasteiger partial charge < -0.3 is 10.6 Å². The molecule has 1 aliphatic rings. The van der Waals surface area contributed by atoms with Crippen molar-refractivity contribution >= 4 is 39.2 Å². The monoisotopic (exact) mass is 273 g/mol. The molecular formula is C9H9BrClN3. The fourth-order valence-electron chi connectivity index (χ4n) is 1.21. The van der Waals surface area contributed by atoms with Crippen LogP contribution in [-0.4, -0.2) is 19.0 Å². The van der Waals surface area contributed by atoms with Crippen LogP contribution < -0.4 is 10.6 Å². The first-order chi connectivity index (χ1) is 6.77. The number of halogens is 2. The van der Waals surface area contributed by atoms with Crippen LogP contribution in [0.3, 0.4) is 0 Å². The average Bonchev–Trinajstić information content (AvgIpc) is 2.64. The molecule has 0 spiro atoms. The number of nitrogens with zero attached hydrogens (tertiary/aromatic N) is 1. The predicted molar refractivity (Wildman–Crippen MR) is 62.3 cm³/mol. The maximum Gasteiger partial charge on any atom is 0.196 e. The topological polar surface area (TPSA) is 36.4 Å². The molecule has 0 bridgehead atoms. The second-order valence-corrected chi connectivity index (χ2v) is 4.15. The summed E-state index contributed by atoms with van der Waals surface area (Å²) < 4.78 is 0.896. The molecule has 0 saturated carbocycles. The minimum atomic E-state index is 0.641. The summed E-state index contributed by atoms with van der Waals surface area (Å²) in [6.45, 7) is 1.81. The van der Waals surface area contributed by atoms with Gasteiger partial charge in [-0.3, -0.25) is 0 Å². The molecule has 0 atom stereocenters. The zero-order valence-corrected chi connectivity index (χ0v) is 9.69. The Morgan fingerprint density at radius 1 is 1.29 bits per heavy atom. The van der Waals surface area contributed by atoms with Gasteiger partial charge in [-0.1, -0.05) is 17.7 Å². The van der Waals surface area contributed by atoms with E-state index in [4.69, 9.17) is 11.6 Å². The molecule has 0 aliphatic carbocycles. The van der Waals surface area contributed by atoms with Gasteiger partial charge >= 0.3 is 0 Å². The second kappa shape index (κ2) is 4.19. The normalized spacial score (nSPS) is 14.9. The number of benzene rings is 1. The quantitative estimate of drug-likeness (QED) is 0.824. The highest BCUT2D eigenvalue weighted by Gasteiger charge is 2.08. The molecule has 0 unspecified atom stereocenters. The predicted octanol–water partition coefficient (Wildman–Crippen LogP) is 2.28. The zero-order valence-electron chi connectivity index (χ0n) is 7.35. The molecule has 0 aromatic heterocycles. The molecule has 3 nitrogen and oxygen atoms in total. The van der Waals surface area contributed by atoms with E-state index >= 15 is 0 Å². The third-order valence-electron chi connectivity index (χ3n) is 1.87. The van der Waals surface area contributed by atoms with Crippen molar-refractivity contribution in [1.29, 1.82) is 0 Å². The highest BCUT2D eigenvalue weighted by atomic mass is 79.9. The van der Waals surface area contributed by atoms with Crippen LogP contribution in [0.1, 0.15) is 0 Å². The van der Waals surface area contributed by atoms with E-state index < -0.39 is 0 Å². The Labute approximate surface area is 95.7 Å². The Bertz CT molecular complexity index is 350. The molecule has 0 radical (unpaired) electrons. The lowest BCUT2D eigenvalue weighted by Gasteiger charge is -2.03. The molecule has 2 N–H and O–H groups in total. The minimum Gasteiger partial charge on any atom is -0.354 e. The number of nitrogens with one attached hydrogen (secondary N) is 2.